The summed E-state index contributed by atoms with van der Waals surface area (Å²) in [4.78, 5) is 9.79. The number of phenolic OH excluding ortho intramolecular Hbond substituents is 1. The molecular formula is C29H20ClN7O10S3. The number of hydrogen-bond acceptors (Lipinski definition) is 14. The average molecular weight is 758 g/mol. The van der Waals surface area contributed by atoms with Crippen LogP contribution in [0.15, 0.2) is 110 Å². The van der Waals surface area contributed by atoms with E-state index >= 15 is 0 Å². The average Bonchev–Trinajstić information content (AvgIpc) is 3.02. The van der Waals surface area contributed by atoms with Gasteiger partial charge < -0.3 is 15.7 Å². The van der Waals surface area contributed by atoms with Crippen molar-refractivity contribution in [2.75, 3.05) is 10.6 Å². The van der Waals surface area contributed by atoms with E-state index in [2.05, 4.69) is 35.8 Å². The van der Waals surface area contributed by atoms with Gasteiger partial charge in [-0.2, -0.15) is 40.2 Å². The molecule has 50 heavy (non-hydrogen) atoms. The molecule has 0 atom stereocenters. The summed E-state index contributed by atoms with van der Waals surface area (Å²) in [5.41, 5.74) is -0.438. The van der Waals surface area contributed by atoms with Gasteiger partial charge in [-0.05, 0) is 65.5 Å². The summed E-state index contributed by atoms with van der Waals surface area (Å²) in [5.74, 6) is -0.671. The van der Waals surface area contributed by atoms with Crippen molar-refractivity contribution in [1.29, 1.82) is 0 Å². The first-order chi connectivity index (χ1) is 23.5. The quantitative estimate of drug-likeness (QED) is 0.0710. The number of para-hydroxylation sites is 1. The van der Waals surface area contributed by atoms with Gasteiger partial charge in [0.1, 0.15) is 26.1 Å². The summed E-state index contributed by atoms with van der Waals surface area (Å²) in [6.07, 6.45) is 0. The van der Waals surface area contributed by atoms with E-state index in [4.69, 9.17) is 11.6 Å². The second-order valence-electron chi connectivity index (χ2n) is 10.3. The molecule has 0 aliphatic heterocycles. The minimum absolute atomic E-state index is 0.00107. The van der Waals surface area contributed by atoms with E-state index in [9.17, 15) is 44.0 Å². The number of phenols is 1. The number of nitrogens with zero attached hydrogens (tertiary/aromatic N) is 5. The maximum absolute atomic E-state index is 12.5. The smallest absolute Gasteiger partial charge is 0.297 e. The van der Waals surface area contributed by atoms with Gasteiger partial charge in [0.25, 0.3) is 30.4 Å². The lowest BCUT2D eigenvalue weighted by atomic mass is 10.1. The molecule has 0 spiro atoms. The highest BCUT2D eigenvalue weighted by Gasteiger charge is 2.25. The number of aromatic hydroxyl groups is 1. The first-order valence-electron chi connectivity index (χ1n) is 13.7. The summed E-state index contributed by atoms with van der Waals surface area (Å²) < 4.78 is 103. The number of azo groups is 1. The molecule has 0 bridgehead atoms. The Morgan fingerprint density at radius 1 is 0.600 bits per heavy atom. The normalized spacial score (nSPS) is 12.5. The van der Waals surface area contributed by atoms with Crippen molar-refractivity contribution in [3.63, 3.8) is 0 Å². The van der Waals surface area contributed by atoms with E-state index in [1.54, 1.807) is 24.3 Å². The number of anilines is 4. The number of halogens is 1. The van der Waals surface area contributed by atoms with Gasteiger partial charge in [0.2, 0.25) is 17.2 Å². The van der Waals surface area contributed by atoms with Gasteiger partial charge in [0.15, 0.2) is 5.75 Å². The van der Waals surface area contributed by atoms with Crippen LogP contribution < -0.4 is 10.6 Å². The standard InChI is InChI=1S/C29H20ClN7O10S3/c30-27-33-28(31-16-5-2-1-3-6-16)35-29(34-27)32-17-9-10-18-15(13-17)14-23(49(42,43)44)24(25(18)38)37-36-21-12-11-19-20(26(21)50(45,46)47)7-4-8-22(19)48(39,40)41/h1-14,38H,(H,39,40,41)(H,42,43,44)(H,45,46,47)(H2,31,32,33,34,35). The third kappa shape index (κ3) is 7.16. The number of fused-ring (bicyclic) bond motifs is 2. The molecule has 6 rings (SSSR count). The third-order valence-electron chi connectivity index (χ3n) is 6.97. The second-order valence-corrected chi connectivity index (χ2v) is 14.7. The fourth-order valence-corrected chi connectivity index (χ4v) is 7.29. The Kier molecular flexibility index (Phi) is 8.86. The molecule has 0 amide bonds. The van der Waals surface area contributed by atoms with E-state index in [1.807, 2.05) is 6.07 Å². The lowest BCUT2D eigenvalue weighted by Gasteiger charge is -2.12. The van der Waals surface area contributed by atoms with Gasteiger partial charge in [0, 0.05) is 27.5 Å². The van der Waals surface area contributed by atoms with Crippen LogP contribution in [-0.4, -0.2) is 59.0 Å². The van der Waals surface area contributed by atoms with Crippen LogP contribution in [0.2, 0.25) is 5.28 Å². The Hall–Kier alpha value is -5.35. The van der Waals surface area contributed by atoms with Crippen LogP contribution in [0.4, 0.5) is 34.6 Å². The maximum Gasteiger partial charge on any atom is 0.297 e. The maximum atomic E-state index is 12.5. The summed E-state index contributed by atoms with van der Waals surface area (Å²) in [7, 11) is -15.1. The Bertz CT molecular complexity index is 2720. The van der Waals surface area contributed by atoms with Crippen molar-refractivity contribution in [2.45, 2.75) is 14.7 Å². The highest BCUT2D eigenvalue weighted by molar-refractivity contribution is 7.86. The molecule has 0 aliphatic rings. The lowest BCUT2D eigenvalue weighted by Crippen LogP contribution is -2.04. The Morgan fingerprint density at radius 2 is 1.24 bits per heavy atom. The van der Waals surface area contributed by atoms with Crippen LogP contribution in [0.3, 0.4) is 0 Å². The van der Waals surface area contributed by atoms with Crippen molar-refractivity contribution in [3.8, 4) is 5.75 Å². The molecule has 0 aliphatic carbocycles. The SMILES string of the molecule is O=S(=O)(O)c1cc2cc(Nc3nc(Cl)nc(Nc4ccccc4)n3)ccc2c(O)c1N=Nc1ccc2c(S(=O)(=O)O)cccc2c1S(=O)(=O)O. The summed E-state index contributed by atoms with van der Waals surface area (Å²) in [6, 6.07) is 19.4. The molecule has 1 heterocycles. The van der Waals surface area contributed by atoms with Gasteiger partial charge in [-0.3, -0.25) is 13.7 Å². The second kappa shape index (κ2) is 12.8. The van der Waals surface area contributed by atoms with Gasteiger partial charge in [-0.15, -0.1) is 10.2 Å². The fraction of sp³-hybridized carbons (Fsp3) is 0. The molecule has 1 aromatic heterocycles. The Morgan fingerprint density at radius 3 is 1.88 bits per heavy atom. The molecule has 0 unspecified atom stereocenters. The molecule has 6 aromatic rings. The van der Waals surface area contributed by atoms with E-state index < -0.39 is 62.2 Å². The lowest BCUT2D eigenvalue weighted by molar-refractivity contribution is 0.472. The largest absolute Gasteiger partial charge is 0.505 e. The molecular weight excluding hydrogens is 738 g/mol. The first kappa shape index (κ1) is 34.5. The molecule has 6 N–H and O–H groups in total. The number of nitrogens with one attached hydrogen (secondary N) is 2. The van der Waals surface area contributed by atoms with Crippen LogP contribution in [0.1, 0.15) is 0 Å². The van der Waals surface area contributed by atoms with E-state index in [-0.39, 0.29) is 38.7 Å². The van der Waals surface area contributed by atoms with Crippen molar-refractivity contribution >= 4 is 98.1 Å². The number of aromatic nitrogens is 3. The minimum atomic E-state index is -5.16. The summed E-state index contributed by atoms with van der Waals surface area (Å²) >= 11 is 6.08. The van der Waals surface area contributed by atoms with Gasteiger partial charge in [-0.25, -0.2) is 0 Å². The van der Waals surface area contributed by atoms with E-state index in [0.29, 0.717) is 11.4 Å². The molecule has 256 valence electrons. The van der Waals surface area contributed by atoms with Gasteiger partial charge in [0.05, 0.1) is 0 Å². The summed E-state index contributed by atoms with van der Waals surface area (Å²) in [5, 5.41) is 23.7. The van der Waals surface area contributed by atoms with Crippen molar-refractivity contribution in [2.24, 2.45) is 10.2 Å². The topological polar surface area (TPSA) is 271 Å². The number of rotatable bonds is 9. The predicted molar refractivity (Wildman–Crippen MR) is 181 cm³/mol. The zero-order valence-electron chi connectivity index (χ0n) is 24.7. The monoisotopic (exact) mass is 757 g/mol. The van der Waals surface area contributed by atoms with Gasteiger partial charge in [-0.1, -0.05) is 36.4 Å². The summed E-state index contributed by atoms with van der Waals surface area (Å²) in [6.45, 7) is 0. The van der Waals surface area contributed by atoms with Crippen LogP contribution >= 0.6 is 11.6 Å². The van der Waals surface area contributed by atoms with Crippen LogP contribution in [0.5, 0.6) is 5.75 Å². The van der Waals surface area contributed by atoms with Crippen LogP contribution in [0.25, 0.3) is 21.5 Å². The molecule has 0 saturated carbocycles. The Labute approximate surface area is 287 Å². The molecule has 21 heteroatoms. The highest BCUT2D eigenvalue weighted by Crippen LogP contribution is 2.43. The minimum Gasteiger partial charge on any atom is -0.505 e. The van der Waals surface area contributed by atoms with Crippen molar-refractivity contribution < 1.29 is 44.0 Å². The fourth-order valence-electron chi connectivity index (χ4n) is 4.93. The Balaban J connectivity index is 1.42. The molecule has 0 fully saturated rings. The number of hydrogen-bond donors (Lipinski definition) is 6. The zero-order valence-corrected chi connectivity index (χ0v) is 27.9. The van der Waals surface area contributed by atoms with Crippen molar-refractivity contribution in [1.82, 2.24) is 15.0 Å². The van der Waals surface area contributed by atoms with E-state index in [1.165, 1.54) is 18.2 Å². The molecule has 5 aromatic carbocycles. The predicted octanol–water partition coefficient (Wildman–Crippen LogP) is 6.18. The highest BCUT2D eigenvalue weighted by atomic mass is 35.5. The molecule has 0 saturated heterocycles. The molecule has 0 radical (unpaired) electrons. The third-order valence-corrected chi connectivity index (χ3v) is 9.86. The number of benzene rings is 5. The van der Waals surface area contributed by atoms with Crippen molar-refractivity contribution in [3.05, 3.63) is 90.2 Å². The zero-order chi connectivity index (χ0) is 36.0. The van der Waals surface area contributed by atoms with E-state index in [0.717, 1.165) is 36.4 Å². The van der Waals surface area contributed by atoms with Crippen LogP contribution in [-0.2, 0) is 30.4 Å². The van der Waals surface area contributed by atoms with Crippen LogP contribution in [0, 0.1) is 0 Å². The molecule has 17 nitrogen and oxygen atoms in total. The van der Waals surface area contributed by atoms with Gasteiger partial charge >= 0.3 is 0 Å². The first-order valence-corrected chi connectivity index (χ1v) is 18.4.